The molecule has 5 rings (SSSR count). The number of fused-ring (bicyclic) bond motifs is 2. The number of nitrogens with one attached hydrogen (secondary N) is 2. The van der Waals surface area contributed by atoms with Crippen LogP contribution >= 0.6 is 0 Å². The quantitative estimate of drug-likeness (QED) is 0.437. The van der Waals surface area contributed by atoms with Gasteiger partial charge in [0.05, 0.1) is 22.3 Å². The van der Waals surface area contributed by atoms with Gasteiger partial charge in [0.2, 0.25) is 0 Å². The lowest BCUT2D eigenvalue weighted by atomic mass is 10.0. The van der Waals surface area contributed by atoms with Crippen LogP contribution in [0.2, 0.25) is 0 Å². The second-order valence-corrected chi connectivity index (χ2v) is 8.91. The summed E-state index contributed by atoms with van der Waals surface area (Å²) in [7, 11) is 0. The Morgan fingerprint density at radius 2 is 2.00 bits per heavy atom. The van der Waals surface area contributed by atoms with Gasteiger partial charge in [-0.15, -0.1) is 0 Å². The van der Waals surface area contributed by atoms with Gasteiger partial charge in [-0.2, -0.15) is 0 Å². The number of rotatable bonds is 5. The zero-order valence-electron chi connectivity index (χ0n) is 19.1. The Hall–Kier alpha value is -3.49. The van der Waals surface area contributed by atoms with Crippen LogP contribution in [0.15, 0.2) is 53.6 Å². The summed E-state index contributed by atoms with van der Waals surface area (Å²) in [4.78, 5) is 21.9. The zero-order valence-corrected chi connectivity index (χ0v) is 19.1. The van der Waals surface area contributed by atoms with E-state index >= 15 is 0 Å². The van der Waals surface area contributed by atoms with E-state index in [1.54, 1.807) is 30.9 Å². The molecule has 8 nitrogen and oxygen atoms in total. The van der Waals surface area contributed by atoms with E-state index in [0.717, 1.165) is 36.4 Å². The Morgan fingerprint density at radius 1 is 1.15 bits per heavy atom. The summed E-state index contributed by atoms with van der Waals surface area (Å²) in [6.45, 7) is 7.69. The van der Waals surface area contributed by atoms with E-state index < -0.39 is 5.60 Å². The van der Waals surface area contributed by atoms with Crippen molar-refractivity contribution in [3.05, 3.63) is 76.0 Å². The number of hydrogen-bond donors (Lipinski definition) is 3. The summed E-state index contributed by atoms with van der Waals surface area (Å²) in [6, 6.07) is 11.9. The van der Waals surface area contributed by atoms with E-state index in [1.165, 1.54) is 11.1 Å². The predicted molar refractivity (Wildman–Crippen MR) is 129 cm³/mol. The van der Waals surface area contributed by atoms with Gasteiger partial charge in [0.25, 0.3) is 5.56 Å². The van der Waals surface area contributed by atoms with Crippen LogP contribution < -0.4 is 16.2 Å². The lowest BCUT2D eigenvalue weighted by Crippen LogP contribution is -2.23. The number of aliphatic hydroxyl groups is 1. The highest BCUT2D eigenvalue weighted by atomic mass is 16.3. The maximum Gasteiger partial charge on any atom is 0.276 e. The Kier molecular flexibility index (Phi) is 5.26. The molecule has 3 N–H and O–H groups in total. The highest BCUT2D eigenvalue weighted by Gasteiger charge is 2.21. The molecule has 0 amide bonds. The summed E-state index contributed by atoms with van der Waals surface area (Å²) in [5.41, 5.74) is 4.46. The smallest absolute Gasteiger partial charge is 0.276 e. The van der Waals surface area contributed by atoms with Crippen molar-refractivity contribution >= 4 is 22.4 Å². The third-order valence-corrected chi connectivity index (χ3v) is 6.10. The van der Waals surface area contributed by atoms with E-state index in [4.69, 9.17) is 0 Å². The molecular formula is C25H28N6O2. The Morgan fingerprint density at radius 3 is 2.79 bits per heavy atom. The van der Waals surface area contributed by atoms with Crippen LogP contribution in [0.5, 0.6) is 0 Å². The average molecular weight is 445 g/mol. The first-order valence-corrected chi connectivity index (χ1v) is 11.3. The molecule has 0 aliphatic carbocycles. The molecule has 8 heteroatoms. The van der Waals surface area contributed by atoms with Crippen molar-refractivity contribution in [2.45, 2.75) is 45.9 Å². The molecule has 4 heterocycles. The standard InChI is InChI=1S/C25H28N6O2/c1-4-30-24(32)20-15-28-23(29-18-6-5-16-7-9-26-14-17(16)11-18)13-21(20)31(30)19-8-10-27-22(12-19)25(2,3)33/h5-6,8,10-13,15,26,33H,4,7,9,14H2,1-3H3,(H,28,29). The van der Waals surface area contributed by atoms with Gasteiger partial charge >= 0.3 is 0 Å². The van der Waals surface area contributed by atoms with Crippen LogP contribution in [-0.4, -0.2) is 31.0 Å². The van der Waals surface area contributed by atoms with Gasteiger partial charge < -0.3 is 15.7 Å². The number of pyridine rings is 2. The molecule has 0 fully saturated rings. The number of hydrogen-bond acceptors (Lipinski definition) is 6. The van der Waals surface area contributed by atoms with Crippen molar-refractivity contribution in [3.8, 4) is 5.69 Å². The summed E-state index contributed by atoms with van der Waals surface area (Å²) in [5, 5.41) is 17.8. The Labute approximate surface area is 191 Å². The van der Waals surface area contributed by atoms with Gasteiger partial charge in [-0.05, 0) is 69.1 Å². The van der Waals surface area contributed by atoms with E-state index in [9.17, 15) is 9.90 Å². The fraction of sp³-hybridized carbons (Fsp3) is 0.320. The summed E-state index contributed by atoms with van der Waals surface area (Å²) < 4.78 is 3.54. The maximum absolute atomic E-state index is 13.1. The molecule has 3 aromatic heterocycles. The second-order valence-electron chi connectivity index (χ2n) is 8.91. The number of aromatic nitrogens is 4. The predicted octanol–water partition coefficient (Wildman–Crippen LogP) is 3.22. The molecule has 1 aliphatic heterocycles. The highest BCUT2D eigenvalue weighted by molar-refractivity contribution is 5.82. The van der Waals surface area contributed by atoms with Crippen molar-refractivity contribution in [2.24, 2.45) is 0 Å². The lowest BCUT2D eigenvalue weighted by Gasteiger charge is -2.19. The second kappa shape index (κ2) is 8.13. The van der Waals surface area contributed by atoms with Crippen molar-refractivity contribution < 1.29 is 5.11 Å². The molecule has 0 saturated carbocycles. The first kappa shape index (κ1) is 21.4. The van der Waals surface area contributed by atoms with Gasteiger partial charge in [-0.3, -0.25) is 9.78 Å². The zero-order chi connectivity index (χ0) is 23.2. The van der Waals surface area contributed by atoms with Gasteiger partial charge in [-0.1, -0.05) is 6.07 Å². The SMILES string of the molecule is CCn1c(=O)c2cnc(Nc3ccc4c(c3)CNCC4)cc2n1-c1ccnc(C(C)(C)O)c1. The van der Waals surface area contributed by atoms with E-state index in [2.05, 4.69) is 38.8 Å². The van der Waals surface area contributed by atoms with Crippen LogP contribution in [0.25, 0.3) is 16.6 Å². The normalized spacial score (nSPS) is 13.8. The molecular weight excluding hydrogens is 416 g/mol. The molecule has 0 atom stereocenters. The summed E-state index contributed by atoms with van der Waals surface area (Å²) >= 11 is 0. The van der Waals surface area contributed by atoms with Crippen LogP contribution in [0.4, 0.5) is 11.5 Å². The van der Waals surface area contributed by atoms with Gasteiger partial charge in [0, 0.05) is 37.2 Å². The van der Waals surface area contributed by atoms with Crippen LogP contribution in [0, 0.1) is 0 Å². The topological polar surface area (TPSA) is 97.0 Å². The largest absolute Gasteiger partial charge is 0.384 e. The molecule has 0 radical (unpaired) electrons. The van der Waals surface area contributed by atoms with Crippen molar-refractivity contribution in [1.29, 1.82) is 0 Å². The summed E-state index contributed by atoms with van der Waals surface area (Å²) in [6.07, 6.45) is 4.32. The monoisotopic (exact) mass is 444 g/mol. The molecule has 4 aromatic rings. The number of benzene rings is 1. The maximum atomic E-state index is 13.1. The van der Waals surface area contributed by atoms with E-state index in [1.807, 2.05) is 29.8 Å². The molecule has 0 saturated heterocycles. The molecule has 1 aliphatic rings. The van der Waals surface area contributed by atoms with Gasteiger partial charge in [-0.25, -0.2) is 14.3 Å². The minimum atomic E-state index is -1.09. The number of nitrogens with zero attached hydrogens (tertiary/aromatic N) is 4. The van der Waals surface area contributed by atoms with Crippen molar-refractivity contribution in [1.82, 2.24) is 24.6 Å². The van der Waals surface area contributed by atoms with Crippen LogP contribution in [-0.2, 0) is 25.1 Å². The molecule has 0 unspecified atom stereocenters. The fourth-order valence-corrected chi connectivity index (χ4v) is 4.37. The molecule has 170 valence electrons. The van der Waals surface area contributed by atoms with Crippen molar-refractivity contribution in [3.63, 3.8) is 0 Å². The first-order chi connectivity index (χ1) is 15.8. The Balaban J connectivity index is 1.60. The molecule has 33 heavy (non-hydrogen) atoms. The van der Waals surface area contributed by atoms with E-state index in [0.29, 0.717) is 23.4 Å². The third kappa shape index (κ3) is 3.92. The van der Waals surface area contributed by atoms with Crippen molar-refractivity contribution in [2.75, 3.05) is 11.9 Å². The molecule has 1 aromatic carbocycles. The van der Waals surface area contributed by atoms with Gasteiger partial charge in [0.1, 0.15) is 11.4 Å². The van der Waals surface area contributed by atoms with Crippen LogP contribution in [0.3, 0.4) is 0 Å². The summed E-state index contributed by atoms with van der Waals surface area (Å²) in [5.74, 6) is 0.657. The van der Waals surface area contributed by atoms with E-state index in [-0.39, 0.29) is 5.56 Å². The third-order valence-electron chi connectivity index (χ3n) is 6.10. The van der Waals surface area contributed by atoms with Crippen LogP contribution in [0.1, 0.15) is 37.6 Å². The Bertz CT molecular complexity index is 1400. The first-order valence-electron chi connectivity index (χ1n) is 11.3. The number of anilines is 2. The minimum absolute atomic E-state index is 0.104. The van der Waals surface area contributed by atoms with Gasteiger partial charge in [0.15, 0.2) is 0 Å². The lowest BCUT2D eigenvalue weighted by molar-refractivity contribution is 0.0738. The fourth-order valence-electron chi connectivity index (χ4n) is 4.37. The highest BCUT2D eigenvalue weighted by Crippen LogP contribution is 2.26. The average Bonchev–Trinajstić information content (AvgIpc) is 3.09. The molecule has 0 spiro atoms. The minimum Gasteiger partial charge on any atom is -0.384 e. The molecule has 0 bridgehead atoms.